The maximum atomic E-state index is 12.8. The molecule has 2 rings (SSSR count). The normalized spacial score (nSPS) is 15.1. The van der Waals surface area contributed by atoms with Gasteiger partial charge in [0.25, 0.3) is 0 Å². The summed E-state index contributed by atoms with van der Waals surface area (Å²) in [7, 11) is 0. The molecular weight excluding hydrogens is 430 g/mol. The lowest BCUT2D eigenvalue weighted by molar-refractivity contribution is -0.482. The van der Waals surface area contributed by atoms with Crippen molar-refractivity contribution < 1.29 is 19.2 Å². The Labute approximate surface area is 203 Å². The van der Waals surface area contributed by atoms with Gasteiger partial charge in [0.1, 0.15) is 6.29 Å². The van der Waals surface area contributed by atoms with E-state index in [0.29, 0.717) is 26.2 Å². The average molecular weight is 470 g/mol. The van der Waals surface area contributed by atoms with Crippen molar-refractivity contribution in [1.82, 2.24) is 0 Å². The van der Waals surface area contributed by atoms with E-state index in [0.717, 1.165) is 17.4 Å². The topological polar surface area (TPSA) is 78.7 Å². The number of hydrogen-bond donors (Lipinski definition) is 0. The molecule has 2 aromatic carbocycles. The monoisotopic (exact) mass is 469 g/mol. The van der Waals surface area contributed by atoms with Crippen LogP contribution >= 0.6 is 0 Å². The van der Waals surface area contributed by atoms with Crippen LogP contribution in [0.15, 0.2) is 60.7 Å². The number of ether oxygens (including phenoxy) is 2. The number of benzene rings is 2. The molecular formula is C28H39NO5. The first-order valence-electron chi connectivity index (χ1n) is 12.1. The van der Waals surface area contributed by atoms with Gasteiger partial charge in [-0.1, -0.05) is 88.4 Å². The summed E-state index contributed by atoms with van der Waals surface area (Å²) in [6, 6.07) is 19.7. The molecule has 6 heteroatoms. The quantitative estimate of drug-likeness (QED) is 0.182. The van der Waals surface area contributed by atoms with Crippen LogP contribution in [0.2, 0.25) is 0 Å². The molecule has 0 aliphatic carbocycles. The predicted molar refractivity (Wildman–Crippen MR) is 134 cm³/mol. The molecule has 0 radical (unpaired) electrons. The zero-order chi connectivity index (χ0) is 25.0. The molecule has 0 N–H and O–H groups in total. The Morgan fingerprint density at radius 1 is 0.912 bits per heavy atom. The minimum Gasteiger partial charge on any atom is -0.380 e. The number of nitro groups is 1. The van der Waals surface area contributed by atoms with E-state index in [4.69, 9.17) is 9.47 Å². The van der Waals surface area contributed by atoms with E-state index in [2.05, 4.69) is 13.8 Å². The van der Waals surface area contributed by atoms with Crippen LogP contribution < -0.4 is 0 Å². The molecule has 6 nitrogen and oxygen atoms in total. The van der Waals surface area contributed by atoms with Gasteiger partial charge in [-0.3, -0.25) is 10.1 Å². The molecule has 0 fully saturated rings. The van der Waals surface area contributed by atoms with E-state index in [1.807, 2.05) is 74.5 Å². The second-order valence-electron chi connectivity index (χ2n) is 9.74. The first-order chi connectivity index (χ1) is 16.3. The van der Waals surface area contributed by atoms with Crippen molar-refractivity contribution in [3.8, 4) is 0 Å². The molecule has 0 amide bonds. The molecule has 0 spiro atoms. The standard InChI is InChI=1S/C28H39NO5/c1-22(2)25(15-16-29(31)32)18-34-21-28(20-30,26-13-9-6-10-14-26)27(23(3)4)19-33-17-24-11-7-5-8-12-24/h5-14,20,22-23,25,27H,15-19,21H2,1-4H3/t25-,27?,28+/m1/s1. The highest BCUT2D eigenvalue weighted by molar-refractivity contribution is 5.69. The third-order valence-corrected chi connectivity index (χ3v) is 6.70. The van der Waals surface area contributed by atoms with Crippen LogP contribution in [-0.2, 0) is 26.3 Å². The van der Waals surface area contributed by atoms with E-state index < -0.39 is 5.41 Å². The molecule has 0 aliphatic heterocycles. The lowest BCUT2D eigenvalue weighted by atomic mass is 9.67. The van der Waals surface area contributed by atoms with Gasteiger partial charge in [0.05, 0.1) is 25.2 Å². The maximum Gasteiger partial charge on any atom is 0.204 e. The molecule has 186 valence electrons. The van der Waals surface area contributed by atoms with Crippen molar-refractivity contribution in [2.75, 3.05) is 26.4 Å². The number of hydrogen-bond acceptors (Lipinski definition) is 5. The van der Waals surface area contributed by atoms with Crippen molar-refractivity contribution in [3.63, 3.8) is 0 Å². The third-order valence-electron chi connectivity index (χ3n) is 6.70. The summed E-state index contributed by atoms with van der Waals surface area (Å²) in [5.41, 5.74) is 1.11. The zero-order valence-electron chi connectivity index (χ0n) is 20.9. The first kappa shape index (κ1) is 27.7. The largest absolute Gasteiger partial charge is 0.380 e. The Hall–Kier alpha value is -2.57. The molecule has 0 aliphatic rings. The summed E-state index contributed by atoms with van der Waals surface area (Å²) >= 11 is 0. The van der Waals surface area contributed by atoms with E-state index in [-0.39, 0.29) is 41.7 Å². The van der Waals surface area contributed by atoms with Crippen LogP contribution in [0.25, 0.3) is 0 Å². The van der Waals surface area contributed by atoms with Crippen molar-refractivity contribution in [2.45, 2.75) is 46.1 Å². The molecule has 34 heavy (non-hydrogen) atoms. The number of carbonyl (C=O) groups excluding carboxylic acids is 1. The molecule has 0 saturated heterocycles. The third kappa shape index (κ3) is 8.03. The molecule has 0 bridgehead atoms. The van der Waals surface area contributed by atoms with Crippen LogP contribution in [0.5, 0.6) is 0 Å². The van der Waals surface area contributed by atoms with Crippen molar-refractivity contribution in [3.05, 3.63) is 81.9 Å². The highest BCUT2D eigenvalue weighted by atomic mass is 16.6. The summed E-state index contributed by atoms with van der Waals surface area (Å²) in [6.07, 6.45) is 1.47. The Morgan fingerprint density at radius 3 is 2.06 bits per heavy atom. The summed E-state index contributed by atoms with van der Waals surface area (Å²) in [5.74, 6) is 0.363. The number of aldehydes is 1. The fourth-order valence-electron chi connectivity index (χ4n) is 4.42. The van der Waals surface area contributed by atoms with Crippen LogP contribution in [0.1, 0.15) is 45.2 Å². The lowest BCUT2D eigenvalue weighted by Gasteiger charge is -2.39. The van der Waals surface area contributed by atoms with E-state index in [1.54, 1.807) is 0 Å². The van der Waals surface area contributed by atoms with E-state index in [1.165, 1.54) is 0 Å². The van der Waals surface area contributed by atoms with Gasteiger partial charge in [0, 0.05) is 23.9 Å². The highest BCUT2D eigenvalue weighted by Gasteiger charge is 2.43. The Kier molecular flexibility index (Phi) is 11.4. The smallest absolute Gasteiger partial charge is 0.204 e. The Bertz CT molecular complexity index is 856. The van der Waals surface area contributed by atoms with Gasteiger partial charge in [-0.15, -0.1) is 0 Å². The molecule has 0 heterocycles. The van der Waals surface area contributed by atoms with Crippen LogP contribution in [0.4, 0.5) is 0 Å². The summed E-state index contributed by atoms with van der Waals surface area (Å²) in [6.45, 7) is 9.70. The highest BCUT2D eigenvalue weighted by Crippen LogP contribution is 2.37. The van der Waals surface area contributed by atoms with Gasteiger partial charge < -0.3 is 14.3 Å². The van der Waals surface area contributed by atoms with Gasteiger partial charge in [0.2, 0.25) is 6.54 Å². The minimum absolute atomic E-state index is 0.0531. The van der Waals surface area contributed by atoms with Gasteiger partial charge in [0.15, 0.2) is 0 Å². The first-order valence-corrected chi connectivity index (χ1v) is 12.1. The summed E-state index contributed by atoms with van der Waals surface area (Å²) in [5, 5.41) is 10.9. The Balaban J connectivity index is 2.21. The molecule has 3 atom stereocenters. The van der Waals surface area contributed by atoms with Gasteiger partial charge in [-0.05, 0) is 28.9 Å². The number of rotatable bonds is 16. The van der Waals surface area contributed by atoms with Crippen LogP contribution in [-0.4, -0.2) is 37.6 Å². The van der Waals surface area contributed by atoms with E-state index in [9.17, 15) is 14.9 Å². The SMILES string of the molecule is CC(C)C(COCc1ccccc1)[C@@](C=O)(COC[C@@H](CC[N+](=O)[O-])C(C)C)c1ccccc1. The van der Waals surface area contributed by atoms with Crippen LogP contribution in [0.3, 0.4) is 0 Å². The maximum absolute atomic E-state index is 12.8. The lowest BCUT2D eigenvalue weighted by Crippen LogP contribution is -2.46. The Morgan fingerprint density at radius 2 is 1.53 bits per heavy atom. The number of nitrogens with zero attached hydrogens (tertiary/aromatic N) is 1. The van der Waals surface area contributed by atoms with Gasteiger partial charge in [-0.2, -0.15) is 0 Å². The van der Waals surface area contributed by atoms with E-state index >= 15 is 0 Å². The predicted octanol–water partition coefficient (Wildman–Crippen LogP) is 5.57. The summed E-state index contributed by atoms with van der Waals surface area (Å²) in [4.78, 5) is 23.4. The van der Waals surface area contributed by atoms with Crippen molar-refractivity contribution in [1.29, 1.82) is 0 Å². The van der Waals surface area contributed by atoms with Gasteiger partial charge in [-0.25, -0.2) is 0 Å². The molecule has 2 aromatic rings. The number of carbonyl (C=O) groups is 1. The van der Waals surface area contributed by atoms with Crippen LogP contribution in [0, 0.1) is 33.8 Å². The zero-order valence-corrected chi connectivity index (χ0v) is 20.9. The molecule has 0 aromatic heterocycles. The van der Waals surface area contributed by atoms with Crippen molar-refractivity contribution >= 4 is 6.29 Å². The minimum atomic E-state index is -0.878. The molecule has 0 saturated carbocycles. The average Bonchev–Trinajstić information content (AvgIpc) is 2.83. The fourth-order valence-corrected chi connectivity index (χ4v) is 4.42. The second kappa shape index (κ2) is 14.0. The summed E-state index contributed by atoms with van der Waals surface area (Å²) < 4.78 is 12.3. The second-order valence-corrected chi connectivity index (χ2v) is 9.74. The van der Waals surface area contributed by atoms with Gasteiger partial charge >= 0.3 is 0 Å². The molecule has 1 unspecified atom stereocenters. The fraction of sp³-hybridized carbons (Fsp3) is 0.536. The van der Waals surface area contributed by atoms with Crippen molar-refractivity contribution in [2.24, 2.45) is 23.7 Å².